The molecule has 0 aliphatic carbocycles. The third kappa shape index (κ3) is 4.19. The first-order valence-electron chi connectivity index (χ1n) is 7.06. The zero-order valence-corrected chi connectivity index (χ0v) is 12.7. The number of furan rings is 1. The fraction of sp³-hybridized carbons (Fsp3) is 0.467. The zero-order valence-electron chi connectivity index (χ0n) is 12.7. The molecule has 1 amide bonds. The molecule has 1 N–H and O–H groups in total. The highest BCUT2D eigenvalue weighted by Gasteiger charge is 2.16. The molecule has 6 nitrogen and oxygen atoms in total. The predicted octanol–water partition coefficient (Wildman–Crippen LogP) is 1.67. The van der Waals surface area contributed by atoms with Gasteiger partial charge in [-0.1, -0.05) is 0 Å². The Kier molecular flexibility index (Phi) is 5.16. The number of likely N-dealkylation sites (N-methyl/N-ethyl adjacent to an activating group) is 1. The Balaban J connectivity index is 1.77. The fourth-order valence-electron chi connectivity index (χ4n) is 2.03. The molecule has 2 rings (SSSR count). The van der Waals surface area contributed by atoms with E-state index in [0.29, 0.717) is 13.1 Å². The van der Waals surface area contributed by atoms with Crippen LogP contribution in [0.25, 0.3) is 0 Å². The number of carbonyl (C=O) groups is 1. The van der Waals surface area contributed by atoms with Crippen LogP contribution in [0.5, 0.6) is 0 Å². The molecule has 0 aliphatic rings. The minimum absolute atomic E-state index is 0.0333. The molecule has 0 bridgehead atoms. The largest absolute Gasteiger partial charge is 0.467 e. The third-order valence-corrected chi connectivity index (χ3v) is 3.64. The molecule has 0 radical (unpaired) electrons. The van der Waals surface area contributed by atoms with E-state index < -0.39 is 0 Å². The summed E-state index contributed by atoms with van der Waals surface area (Å²) in [4.78, 5) is 13.7. The van der Waals surface area contributed by atoms with Gasteiger partial charge in [-0.3, -0.25) is 9.48 Å². The Morgan fingerprint density at radius 3 is 2.90 bits per heavy atom. The standard InChI is InChI=1S/C15H22N4O2/c1-12(13(2)19-8-5-7-17-19)16-10-15(20)18(3)11-14-6-4-9-21-14/h4-9,12-13,16H,10-11H2,1-3H3. The monoisotopic (exact) mass is 290 g/mol. The van der Waals surface area contributed by atoms with Crippen molar-refractivity contribution in [2.45, 2.75) is 32.5 Å². The lowest BCUT2D eigenvalue weighted by atomic mass is 10.2. The Labute approximate surface area is 124 Å². The summed E-state index contributed by atoms with van der Waals surface area (Å²) in [5.74, 6) is 0.815. The van der Waals surface area contributed by atoms with Gasteiger partial charge in [0.15, 0.2) is 0 Å². The number of nitrogens with zero attached hydrogens (tertiary/aromatic N) is 3. The summed E-state index contributed by atoms with van der Waals surface area (Å²) in [5.41, 5.74) is 0. The molecule has 0 aromatic carbocycles. The van der Waals surface area contributed by atoms with Crippen LogP contribution in [0.4, 0.5) is 0 Å². The zero-order chi connectivity index (χ0) is 15.2. The minimum Gasteiger partial charge on any atom is -0.467 e. The van der Waals surface area contributed by atoms with Crippen LogP contribution in [0.1, 0.15) is 25.6 Å². The highest BCUT2D eigenvalue weighted by Crippen LogP contribution is 2.09. The normalized spacial score (nSPS) is 13.9. The molecule has 0 spiro atoms. The Morgan fingerprint density at radius 1 is 1.48 bits per heavy atom. The summed E-state index contributed by atoms with van der Waals surface area (Å²) >= 11 is 0. The van der Waals surface area contributed by atoms with Gasteiger partial charge < -0.3 is 14.6 Å². The van der Waals surface area contributed by atoms with E-state index >= 15 is 0 Å². The molecule has 21 heavy (non-hydrogen) atoms. The Hall–Kier alpha value is -2.08. The second-order valence-corrected chi connectivity index (χ2v) is 5.23. The molecule has 2 aromatic rings. The van der Waals surface area contributed by atoms with Crippen LogP contribution in [0, 0.1) is 0 Å². The van der Waals surface area contributed by atoms with Crippen molar-refractivity contribution < 1.29 is 9.21 Å². The fourth-order valence-corrected chi connectivity index (χ4v) is 2.03. The molecular formula is C15H22N4O2. The van der Waals surface area contributed by atoms with E-state index in [1.165, 1.54) is 0 Å². The third-order valence-electron chi connectivity index (χ3n) is 3.64. The lowest BCUT2D eigenvalue weighted by Gasteiger charge is -2.23. The van der Waals surface area contributed by atoms with E-state index in [2.05, 4.69) is 17.3 Å². The molecule has 114 valence electrons. The van der Waals surface area contributed by atoms with Crippen molar-refractivity contribution >= 4 is 5.91 Å². The van der Waals surface area contributed by atoms with Crippen molar-refractivity contribution in [3.63, 3.8) is 0 Å². The molecule has 2 atom stereocenters. The second-order valence-electron chi connectivity index (χ2n) is 5.23. The topological polar surface area (TPSA) is 63.3 Å². The number of nitrogens with one attached hydrogen (secondary N) is 1. The average Bonchev–Trinajstić information content (AvgIpc) is 3.16. The summed E-state index contributed by atoms with van der Waals surface area (Å²) < 4.78 is 7.12. The molecule has 2 aromatic heterocycles. The van der Waals surface area contributed by atoms with Crippen LogP contribution in [0.15, 0.2) is 41.3 Å². The number of hydrogen-bond donors (Lipinski definition) is 1. The van der Waals surface area contributed by atoms with Gasteiger partial charge in [0.2, 0.25) is 5.91 Å². The summed E-state index contributed by atoms with van der Waals surface area (Å²) in [5, 5.41) is 7.47. The van der Waals surface area contributed by atoms with Crippen LogP contribution in [-0.4, -0.2) is 40.2 Å². The predicted molar refractivity (Wildman–Crippen MR) is 79.6 cm³/mol. The maximum Gasteiger partial charge on any atom is 0.236 e. The lowest BCUT2D eigenvalue weighted by molar-refractivity contribution is -0.129. The van der Waals surface area contributed by atoms with Gasteiger partial charge in [0.05, 0.1) is 25.4 Å². The van der Waals surface area contributed by atoms with Gasteiger partial charge in [0.25, 0.3) is 0 Å². The van der Waals surface area contributed by atoms with Crippen molar-refractivity contribution in [1.29, 1.82) is 0 Å². The van der Waals surface area contributed by atoms with Crippen LogP contribution >= 0.6 is 0 Å². The first kappa shape index (κ1) is 15.3. The van der Waals surface area contributed by atoms with Gasteiger partial charge in [0, 0.05) is 25.5 Å². The van der Waals surface area contributed by atoms with Crippen LogP contribution in [-0.2, 0) is 11.3 Å². The first-order chi connectivity index (χ1) is 10.1. The van der Waals surface area contributed by atoms with E-state index in [4.69, 9.17) is 4.42 Å². The molecule has 0 saturated heterocycles. The van der Waals surface area contributed by atoms with E-state index in [1.54, 1.807) is 24.4 Å². The molecule has 6 heteroatoms. The highest BCUT2D eigenvalue weighted by atomic mass is 16.3. The molecular weight excluding hydrogens is 268 g/mol. The number of rotatable bonds is 7. The number of aromatic nitrogens is 2. The van der Waals surface area contributed by atoms with E-state index in [1.807, 2.05) is 36.0 Å². The minimum atomic E-state index is 0.0333. The van der Waals surface area contributed by atoms with Crippen molar-refractivity contribution in [3.05, 3.63) is 42.6 Å². The van der Waals surface area contributed by atoms with E-state index in [9.17, 15) is 4.79 Å². The summed E-state index contributed by atoms with van der Waals surface area (Å²) in [6, 6.07) is 5.90. The molecule has 0 fully saturated rings. The Morgan fingerprint density at radius 2 is 2.29 bits per heavy atom. The van der Waals surface area contributed by atoms with Crippen LogP contribution < -0.4 is 5.32 Å². The Bertz CT molecular complexity index is 536. The average molecular weight is 290 g/mol. The lowest BCUT2D eigenvalue weighted by Crippen LogP contribution is -2.41. The van der Waals surface area contributed by atoms with Gasteiger partial charge in [-0.25, -0.2) is 0 Å². The van der Waals surface area contributed by atoms with Crippen molar-refractivity contribution in [1.82, 2.24) is 20.0 Å². The maximum absolute atomic E-state index is 12.1. The van der Waals surface area contributed by atoms with Crippen molar-refractivity contribution in [2.24, 2.45) is 0 Å². The van der Waals surface area contributed by atoms with Gasteiger partial charge >= 0.3 is 0 Å². The quantitative estimate of drug-likeness (QED) is 0.842. The van der Waals surface area contributed by atoms with Crippen molar-refractivity contribution in [3.8, 4) is 0 Å². The smallest absolute Gasteiger partial charge is 0.236 e. The van der Waals surface area contributed by atoms with E-state index in [-0.39, 0.29) is 18.0 Å². The number of hydrogen-bond acceptors (Lipinski definition) is 4. The van der Waals surface area contributed by atoms with Crippen LogP contribution in [0.2, 0.25) is 0 Å². The van der Waals surface area contributed by atoms with Gasteiger partial charge in [-0.05, 0) is 32.0 Å². The first-order valence-corrected chi connectivity index (χ1v) is 7.06. The van der Waals surface area contributed by atoms with Gasteiger partial charge in [-0.15, -0.1) is 0 Å². The van der Waals surface area contributed by atoms with Crippen molar-refractivity contribution in [2.75, 3.05) is 13.6 Å². The van der Waals surface area contributed by atoms with Gasteiger partial charge in [-0.2, -0.15) is 5.10 Å². The van der Waals surface area contributed by atoms with E-state index in [0.717, 1.165) is 5.76 Å². The summed E-state index contributed by atoms with van der Waals surface area (Å²) in [6.45, 7) is 4.90. The van der Waals surface area contributed by atoms with Gasteiger partial charge in [0.1, 0.15) is 5.76 Å². The molecule has 2 heterocycles. The molecule has 2 unspecified atom stereocenters. The van der Waals surface area contributed by atoms with Crippen LogP contribution in [0.3, 0.4) is 0 Å². The second kappa shape index (κ2) is 7.08. The SMILES string of the molecule is CC(NCC(=O)N(C)Cc1ccco1)C(C)n1cccn1. The number of carbonyl (C=O) groups excluding carboxylic acids is 1. The number of amides is 1. The molecule has 0 saturated carbocycles. The molecule has 0 aliphatic heterocycles. The highest BCUT2D eigenvalue weighted by molar-refractivity contribution is 5.77. The summed E-state index contributed by atoms with van der Waals surface area (Å²) in [7, 11) is 1.77. The summed E-state index contributed by atoms with van der Waals surface area (Å²) in [6.07, 6.45) is 5.29. The maximum atomic E-state index is 12.1.